The third kappa shape index (κ3) is 6.31. The Morgan fingerprint density at radius 2 is 1.52 bits per heavy atom. The molecule has 0 spiro atoms. The molecule has 228 valence electrons. The van der Waals surface area contributed by atoms with Gasteiger partial charge in [-0.15, -0.1) is 0 Å². The van der Waals surface area contributed by atoms with Gasteiger partial charge in [0.25, 0.3) is 0 Å². The summed E-state index contributed by atoms with van der Waals surface area (Å²) in [6.07, 6.45) is -1.88. The molecule has 0 atom stereocenters. The molecule has 2 heterocycles. The van der Waals surface area contributed by atoms with Crippen LogP contribution in [0.4, 0.5) is 32.0 Å². The predicted octanol–water partition coefficient (Wildman–Crippen LogP) is 7.99. The molecular formula is C34H30F6N4. The highest BCUT2D eigenvalue weighted by atomic mass is 19.4. The summed E-state index contributed by atoms with van der Waals surface area (Å²) < 4.78 is 85.9. The number of rotatable bonds is 8. The fourth-order valence-electron chi connectivity index (χ4n) is 5.93. The molecule has 0 saturated carbocycles. The van der Waals surface area contributed by atoms with Gasteiger partial charge in [-0.2, -0.15) is 18.3 Å². The average molecular weight is 609 g/mol. The van der Waals surface area contributed by atoms with Crippen LogP contribution in [0.25, 0.3) is 22.2 Å². The van der Waals surface area contributed by atoms with Crippen molar-refractivity contribution in [3.8, 4) is 11.3 Å². The molecule has 1 saturated heterocycles. The van der Waals surface area contributed by atoms with Crippen molar-refractivity contribution < 1.29 is 26.3 Å². The van der Waals surface area contributed by atoms with Crippen molar-refractivity contribution in [3.63, 3.8) is 0 Å². The summed E-state index contributed by atoms with van der Waals surface area (Å²) in [4.78, 5) is 2.22. The second kappa shape index (κ2) is 12.4. The molecular weight excluding hydrogens is 578 g/mol. The van der Waals surface area contributed by atoms with Crippen molar-refractivity contribution in [2.24, 2.45) is 0 Å². The topological polar surface area (TPSA) is 33.1 Å². The fraction of sp³-hybridized carbons (Fsp3) is 0.265. The number of benzene rings is 4. The Balaban J connectivity index is 1.28. The standard InChI is InChI=1S/C34H30F6N4/c35-24-19-30(36)28(31(37)20-24)21-44-33(27-10-5-11-29(32(27)42-44)34(38,39)40)23-8-4-9-26(18-23)43-16-13-25(14-17-43)41-15-12-22-6-2-1-3-7-22/h1-11,18-20,25,41H,12-17,21H2. The van der Waals surface area contributed by atoms with Crippen LogP contribution in [0.1, 0.15) is 29.5 Å². The number of anilines is 1. The summed E-state index contributed by atoms with van der Waals surface area (Å²) in [5, 5.41) is 8.04. The Labute approximate surface area is 250 Å². The smallest absolute Gasteiger partial charge is 0.371 e. The lowest BCUT2D eigenvalue weighted by Crippen LogP contribution is -2.43. The summed E-state index contributed by atoms with van der Waals surface area (Å²) in [5.74, 6) is -3.37. The zero-order valence-electron chi connectivity index (χ0n) is 23.7. The summed E-state index contributed by atoms with van der Waals surface area (Å²) >= 11 is 0. The Morgan fingerprint density at radius 3 is 2.23 bits per heavy atom. The number of aromatic nitrogens is 2. The minimum absolute atomic E-state index is 0.196. The molecule has 0 radical (unpaired) electrons. The molecule has 0 bridgehead atoms. The van der Waals surface area contributed by atoms with E-state index in [9.17, 15) is 26.3 Å². The molecule has 0 unspecified atom stereocenters. The minimum Gasteiger partial charge on any atom is -0.371 e. The van der Waals surface area contributed by atoms with E-state index in [2.05, 4.69) is 27.4 Å². The van der Waals surface area contributed by atoms with E-state index in [1.807, 2.05) is 36.4 Å². The van der Waals surface area contributed by atoms with E-state index in [1.165, 1.54) is 22.4 Å². The van der Waals surface area contributed by atoms with Crippen LogP contribution in [-0.2, 0) is 19.1 Å². The van der Waals surface area contributed by atoms with Gasteiger partial charge in [0, 0.05) is 53.5 Å². The maximum absolute atomic E-state index is 14.6. The SMILES string of the molecule is Fc1cc(F)c(Cn2nc3c(C(F)(F)F)cccc3c2-c2cccc(N3CCC(NCCc4ccccc4)CC3)c2)c(F)c1. The van der Waals surface area contributed by atoms with Crippen LogP contribution < -0.4 is 10.2 Å². The second-order valence-corrected chi connectivity index (χ2v) is 11.1. The maximum Gasteiger partial charge on any atom is 0.418 e. The van der Waals surface area contributed by atoms with E-state index < -0.39 is 41.3 Å². The minimum atomic E-state index is -4.69. The number of piperidine rings is 1. The van der Waals surface area contributed by atoms with Gasteiger partial charge >= 0.3 is 6.18 Å². The first-order valence-corrected chi connectivity index (χ1v) is 14.5. The number of halogens is 6. The average Bonchev–Trinajstić information content (AvgIpc) is 3.37. The van der Waals surface area contributed by atoms with Gasteiger partial charge in [-0.1, -0.05) is 54.6 Å². The lowest BCUT2D eigenvalue weighted by Gasteiger charge is -2.34. The highest BCUT2D eigenvalue weighted by Crippen LogP contribution is 2.39. The fourth-order valence-corrected chi connectivity index (χ4v) is 5.93. The quantitative estimate of drug-likeness (QED) is 0.181. The molecule has 1 aliphatic heterocycles. The Bertz CT molecular complexity index is 1730. The number of fused-ring (bicyclic) bond motifs is 1. The molecule has 44 heavy (non-hydrogen) atoms. The first kappa shape index (κ1) is 29.7. The summed E-state index contributed by atoms with van der Waals surface area (Å²) in [7, 11) is 0. The summed E-state index contributed by atoms with van der Waals surface area (Å²) in [6.45, 7) is 1.94. The Kier molecular flexibility index (Phi) is 8.35. The normalized spacial score (nSPS) is 14.5. The summed E-state index contributed by atoms with van der Waals surface area (Å²) in [5.41, 5.74) is 1.24. The molecule has 0 amide bonds. The van der Waals surface area contributed by atoms with Crippen LogP contribution in [0.5, 0.6) is 0 Å². The highest BCUT2D eigenvalue weighted by Gasteiger charge is 2.35. The number of alkyl halides is 3. The third-order valence-corrected chi connectivity index (χ3v) is 8.16. The number of nitrogens with zero attached hydrogens (tertiary/aromatic N) is 3. The molecule has 1 N–H and O–H groups in total. The second-order valence-electron chi connectivity index (χ2n) is 11.1. The van der Waals surface area contributed by atoms with Gasteiger partial charge in [0.2, 0.25) is 0 Å². The van der Waals surface area contributed by atoms with Crippen LogP contribution in [0.2, 0.25) is 0 Å². The molecule has 1 fully saturated rings. The Hall–Kier alpha value is -4.31. The zero-order valence-corrected chi connectivity index (χ0v) is 23.7. The monoisotopic (exact) mass is 608 g/mol. The highest BCUT2D eigenvalue weighted by molar-refractivity contribution is 5.96. The number of hydrogen-bond acceptors (Lipinski definition) is 3. The van der Waals surface area contributed by atoms with Crippen LogP contribution in [0.3, 0.4) is 0 Å². The molecule has 4 aromatic carbocycles. The summed E-state index contributed by atoms with van der Waals surface area (Å²) in [6, 6.07) is 22.9. The van der Waals surface area contributed by atoms with Gasteiger partial charge < -0.3 is 10.2 Å². The van der Waals surface area contributed by atoms with Gasteiger partial charge in [-0.05, 0) is 49.6 Å². The van der Waals surface area contributed by atoms with Gasteiger partial charge in [0.05, 0.1) is 17.8 Å². The van der Waals surface area contributed by atoms with Gasteiger partial charge in [0.1, 0.15) is 23.0 Å². The number of hydrogen-bond donors (Lipinski definition) is 1. The van der Waals surface area contributed by atoms with Crippen molar-refractivity contribution in [2.45, 2.75) is 38.0 Å². The van der Waals surface area contributed by atoms with Crippen molar-refractivity contribution >= 4 is 16.6 Å². The molecule has 10 heteroatoms. The van der Waals surface area contributed by atoms with Crippen LogP contribution >= 0.6 is 0 Å². The largest absolute Gasteiger partial charge is 0.418 e. The first-order chi connectivity index (χ1) is 21.2. The van der Waals surface area contributed by atoms with Gasteiger partial charge in [-0.3, -0.25) is 4.68 Å². The van der Waals surface area contributed by atoms with Gasteiger partial charge in [0.15, 0.2) is 0 Å². The molecule has 4 nitrogen and oxygen atoms in total. The van der Waals surface area contributed by atoms with Crippen LogP contribution in [0.15, 0.2) is 84.9 Å². The van der Waals surface area contributed by atoms with E-state index in [-0.39, 0.29) is 16.6 Å². The molecule has 5 aromatic rings. The number of nitrogens with one attached hydrogen (secondary N) is 1. The molecule has 6 rings (SSSR count). The Morgan fingerprint density at radius 1 is 0.818 bits per heavy atom. The zero-order chi connectivity index (χ0) is 30.8. The van der Waals surface area contributed by atoms with E-state index in [0.717, 1.165) is 50.7 Å². The van der Waals surface area contributed by atoms with Crippen molar-refractivity contribution in [1.82, 2.24) is 15.1 Å². The molecule has 1 aromatic heterocycles. The lowest BCUT2D eigenvalue weighted by atomic mass is 10.0. The van der Waals surface area contributed by atoms with Crippen molar-refractivity contribution in [3.05, 3.63) is 119 Å². The molecule has 0 aliphatic carbocycles. The molecule has 1 aliphatic rings. The van der Waals surface area contributed by atoms with Gasteiger partial charge in [-0.25, -0.2) is 13.2 Å². The van der Waals surface area contributed by atoms with Crippen molar-refractivity contribution in [2.75, 3.05) is 24.5 Å². The van der Waals surface area contributed by atoms with E-state index in [1.54, 1.807) is 6.07 Å². The van der Waals surface area contributed by atoms with Crippen molar-refractivity contribution in [1.29, 1.82) is 0 Å². The van der Waals surface area contributed by atoms with Crippen LogP contribution in [-0.4, -0.2) is 35.5 Å². The van der Waals surface area contributed by atoms with E-state index in [0.29, 0.717) is 23.7 Å². The van der Waals surface area contributed by atoms with Crippen LogP contribution in [0, 0.1) is 17.5 Å². The van der Waals surface area contributed by atoms with E-state index >= 15 is 0 Å². The predicted molar refractivity (Wildman–Crippen MR) is 159 cm³/mol. The first-order valence-electron chi connectivity index (χ1n) is 14.5. The van der Waals surface area contributed by atoms with E-state index in [4.69, 9.17) is 0 Å². The third-order valence-electron chi connectivity index (χ3n) is 8.16. The lowest BCUT2D eigenvalue weighted by molar-refractivity contribution is -0.136. The maximum atomic E-state index is 14.6.